The first-order valence-corrected chi connectivity index (χ1v) is 12.2. The van der Waals surface area contributed by atoms with E-state index in [-0.39, 0.29) is 47.1 Å². The molecule has 0 radical (unpaired) electrons. The number of carbonyl (C=O) groups excluding carboxylic acids is 3. The predicted molar refractivity (Wildman–Crippen MR) is 127 cm³/mol. The Hall–Kier alpha value is -3.12. The Morgan fingerprint density at radius 3 is 2.37 bits per heavy atom. The maximum atomic E-state index is 13.3. The third-order valence-corrected chi connectivity index (χ3v) is 8.17. The largest absolute Gasteiger partial charge is 0.456 e. The fourth-order valence-electron chi connectivity index (χ4n) is 4.97. The number of ether oxygens (including phenoxy) is 1. The summed E-state index contributed by atoms with van der Waals surface area (Å²) >= 11 is 1.47. The number of hydrogen-bond donors (Lipinski definition) is 1. The minimum atomic E-state index is -0.850. The molecule has 4 rings (SSSR count). The van der Waals surface area contributed by atoms with Crippen LogP contribution in [0.1, 0.15) is 19.4 Å². The molecule has 0 aliphatic carbocycles. The summed E-state index contributed by atoms with van der Waals surface area (Å²) in [6.45, 7) is 4.38. The third kappa shape index (κ3) is 4.47. The van der Waals surface area contributed by atoms with Gasteiger partial charge in [-0.1, -0.05) is 6.92 Å². The van der Waals surface area contributed by atoms with Gasteiger partial charge in [0.25, 0.3) is 5.69 Å². The Labute approximate surface area is 206 Å². The van der Waals surface area contributed by atoms with Gasteiger partial charge >= 0.3 is 12.0 Å². The predicted octanol–water partition coefficient (Wildman–Crippen LogP) is 1.81. The normalized spacial score (nSPS) is 25.5. The summed E-state index contributed by atoms with van der Waals surface area (Å²) in [5, 5.41) is 21.0. The van der Waals surface area contributed by atoms with Crippen LogP contribution in [-0.2, 0) is 20.9 Å². The standard InChI is InChI=1S/C23H28N4O7S/c1-12-18-17(13(2)28)21(29)26(18)19(20(12)35-16-9-24(3)23(31)25(4)10-16)22(30)34-11-14-5-7-15(8-6-14)27(32)33/h5-8,12-13,16-18,28H,9-11H2,1-4H3/t12-,13-,17-,18-/m1/s1. The molecule has 12 heteroatoms. The molecular formula is C23H28N4O7S. The van der Waals surface area contributed by atoms with E-state index in [1.54, 1.807) is 30.8 Å². The average molecular weight is 505 g/mol. The molecule has 3 amide bonds. The number of nitro groups is 1. The Morgan fingerprint density at radius 2 is 1.83 bits per heavy atom. The Kier molecular flexibility index (Phi) is 6.78. The first-order chi connectivity index (χ1) is 16.5. The second-order valence-electron chi connectivity index (χ2n) is 9.25. The number of aliphatic hydroxyl groups excluding tert-OH is 1. The summed E-state index contributed by atoms with van der Waals surface area (Å²) in [6.07, 6.45) is -0.850. The number of nitro benzene ring substituents is 1. The zero-order chi connectivity index (χ0) is 25.6. The van der Waals surface area contributed by atoms with E-state index in [1.165, 1.54) is 40.9 Å². The number of hydrogen-bond acceptors (Lipinski definition) is 8. The number of non-ortho nitro benzene ring substituents is 1. The van der Waals surface area contributed by atoms with E-state index in [2.05, 4.69) is 0 Å². The van der Waals surface area contributed by atoms with Crippen molar-refractivity contribution in [2.45, 2.75) is 37.9 Å². The zero-order valence-electron chi connectivity index (χ0n) is 19.9. The Balaban J connectivity index is 1.57. The molecule has 2 fully saturated rings. The van der Waals surface area contributed by atoms with Crippen LogP contribution in [0.4, 0.5) is 10.5 Å². The van der Waals surface area contributed by atoms with Gasteiger partial charge in [0.15, 0.2) is 0 Å². The van der Waals surface area contributed by atoms with Crippen LogP contribution in [0.3, 0.4) is 0 Å². The van der Waals surface area contributed by atoms with Crippen molar-refractivity contribution < 1.29 is 29.2 Å². The smallest absolute Gasteiger partial charge is 0.356 e. The lowest BCUT2D eigenvalue weighted by Crippen LogP contribution is -2.63. The Morgan fingerprint density at radius 1 is 1.23 bits per heavy atom. The molecule has 3 heterocycles. The van der Waals surface area contributed by atoms with Crippen LogP contribution in [0.2, 0.25) is 0 Å². The lowest BCUT2D eigenvalue weighted by molar-refractivity contribution is -0.384. The number of aliphatic hydroxyl groups is 1. The van der Waals surface area contributed by atoms with Gasteiger partial charge in [0.2, 0.25) is 5.91 Å². The fraction of sp³-hybridized carbons (Fsp3) is 0.522. The van der Waals surface area contributed by atoms with Gasteiger partial charge in [0.05, 0.1) is 23.0 Å². The van der Waals surface area contributed by atoms with E-state index in [9.17, 15) is 29.6 Å². The molecule has 0 saturated carbocycles. The molecule has 1 aromatic rings. The van der Waals surface area contributed by atoms with Crippen molar-refractivity contribution in [2.75, 3.05) is 27.2 Å². The second-order valence-corrected chi connectivity index (χ2v) is 10.6. The number of β-lactam (4-membered cyclic amide) rings is 1. The minimum Gasteiger partial charge on any atom is -0.456 e. The van der Waals surface area contributed by atoms with E-state index in [0.29, 0.717) is 23.6 Å². The highest BCUT2D eigenvalue weighted by atomic mass is 32.2. The number of fused-ring (bicyclic) bond motifs is 1. The van der Waals surface area contributed by atoms with Crippen molar-refractivity contribution in [1.29, 1.82) is 0 Å². The van der Waals surface area contributed by atoms with E-state index < -0.39 is 22.9 Å². The van der Waals surface area contributed by atoms with Gasteiger partial charge in [0, 0.05) is 55.4 Å². The molecule has 188 valence electrons. The summed E-state index contributed by atoms with van der Waals surface area (Å²) in [5.74, 6) is -1.76. The summed E-state index contributed by atoms with van der Waals surface area (Å²) in [4.78, 5) is 54.0. The molecule has 0 aromatic heterocycles. The zero-order valence-corrected chi connectivity index (χ0v) is 20.7. The number of carbonyl (C=O) groups is 3. The van der Waals surface area contributed by atoms with Gasteiger partial charge in [0.1, 0.15) is 12.3 Å². The summed E-state index contributed by atoms with van der Waals surface area (Å²) in [7, 11) is 3.44. The monoisotopic (exact) mass is 504 g/mol. The highest BCUT2D eigenvalue weighted by Crippen LogP contribution is 2.51. The quantitative estimate of drug-likeness (QED) is 0.257. The summed E-state index contributed by atoms with van der Waals surface area (Å²) in [5.41, 5.74) is 0.691. The van der Waals surface area contributed by atoms with Crippen molar-refractivity contribution in [3.8, 4) is 0 Å². The molecular weight excluding hydrogens is 476 g/mol. The van der Waals surface area contributed by atoms with Crippen molar-refractivity contribution in [3.63, 3.8) is 0 Å². The van der Waals surface area contributed by atoms with Gasteiger partial charge in [-0.05, 0) is 24.6 Å². The molecule has 35 heavy (non-hydrogen) atoms. The molecule has 0 spiro atoms. The Bertz CT molecular complexity index is 1080. The van der Waals surface area contributed by atoms with Crippen molar-refractivity contribution in [1.82, 2.24) is 14.7 Å². The average Bonchev–Trinajstić information content (AvgIpc) is 3.04. The van der Waals surface area contributed by atoms with Gasteiger partial charge in [-0.25, -0.2) is 9.59 Å². The number of esters is 1. The van der Waals surface area contributed by atoms with E-state index in [0.717, 1.165) is 0 Å². The maximum Gasteiger partial charge on any atom is 0.356 e. The molecule has 11 nitrogen and oxygen atoms in total. The minimum absolute atomic E-state index is 0.0172. The molecule has 0 bridgehead atoms. The van der Waals surface area contributed by atoms with E-state index >= 15 is 0 Å². The lowest BCUT2D eigenvalue weighted by atomic mass is 9.79. The molecule has 4 atom stereocenters. The van der Waals surface area contributed by atoms with E-state index in [1.807, 2.05) is 6.92 Å². The SMILES string of the molecule is C[C@@H](O)[C@H]1C(=O)N2C(C(=O)OCc3ccc([N+](=O)[O-])cc3)=C(SC3CN(C)C(=O)N(C)C3)[C@H](C)[C@H]12. The molecule has 3 aliphatic rings. The molecule has 2 saturated heterocycles. The number of rotatable bonds is 7. The number of benzene rings is 1. The second kappa shape index (κ2) is 9.50. The highest BCUT2D eigenvalue weighted by Gasteiger charge is 2.60. The number of urea groups is 1. The topological polar surface area (TPSA) is 134 Å². The molecule has 1 aromatic carbocycles. The van der Waals surface area contributed by atoms with Crippen LogP contribution in [0.5, 0.6) is 0 Å². The maximum absolute atomic E-state index is 13.3. The molecule has 0 unspecified atom stereocenters. The molecule has 3 aliphatic heterocycles. The summed E-state index contributed by atoms with van der Waals surface area (Å²) < 4.78 is 5.52. The molecule has 1 N–H and O–H groups in total. The number of amides is 3. The van der Waals surface area contributed by atoms with Gasteiger partial charge in [-0.2, -0.15) is 0 Å². The number of nitrogens with zero attached hydrogens (tertiary/aromatic N) is 4. The highest BCUT2D eigenvalue weighted by molar-refractivity contribution is 8.03. The van der Waals surface area contributed by atoms with Crippen LogP contribution >= 0.6 is 11.8 Å². The van der Waals surface area contributed by atoms with Crippen LogP contribution in [0.25, 0.3) is 0 Å². The fourth-order valence-corrected chi connectivity index (χ4v) is 6.57. The van der Waals surface area contributed by atoms with Crippen LogP contribution in [-0.4, -0.2) is 87.2 Å². The van der Waals surface area contributed by atoms with Crippen LogP contribution in [0.15, 0.2) is 34.9 Å². The lowest BCUT2D eigenvalue weighted by Gasteiger charge is -2.46. The van der Waals surface area contributed by atoms with Gasteiger partial charge in [-0.15, -0.1) is 11.8 Å². The van der Waals surface area contributed by atoms with Crippen LogP contribution in [0, 0.1) is 22.0 Å². The third-order valence-electron chi connectivity index (χ3n) is 6.72. The van der Waals surface area contributed by atoms with Gasteiger partial charge < -0.3 is 24.5 Å². The van der Waals surface area contributed by atoms with Crippen molar-refractivity contribution >= 4 is 35.4 Å². The van der Waals surface area contributed by atoms with E-state index in [4.69, 9.17) is 4.74 Å². The van der Waals surface area contributed by atoms with Gasteiger partial charge in [-0.3, -0.25) is 14.9 Å². The summed E-state index contributed by atoms with van der Waals surface area (Å²) in [6, 6.07) is 5.28. The van der Waals surface area contributed by atoms with Crippen LogP contribution < -0.4 is 0 Å². The first kappa shape index (κ1) is 25.0. The number of thioether (sulfide) groups is 1. The van der Waals surface area contributed by atoms with Crippen molar-refractivity contribution in [3.05, 3.63) is 50.5 Å². The first-order valence-electron chi connectivity index (χ1n) is 11.3. The van der Waals surface area contributed by atoms with Crippen molar-refractivity contribution in [2.24, 2.45) is 11.8 Å².